The minimum absolute atomic E-state index is 0.0640. The Labute approximate surface area is 119 Å². The first-order valence-corrected chi connectivity index (χ1v) is 7.30. The van der Waals surface area contributed by atoms with Gasteiger partial charge in [-0.15, -0.1) is 0 Å². The number of carbonyl (C=O) groups is 2. The van der Waals surface area contributed by atoms with Crippen LogP contribution in [0.1, 0.15) is 65.2 Å². The molecular weight excluding hydrogens is 266 g/mol. The summed E-state index contributed by atoms with van der Waals surface area (Å²) in [6, 6.07) is 0. The number of esters is 1. The van der Waals surface area contributed by atoms with Crippen molar-refractivity contribution in [2.45, 2.75) is 65.2 Å². The SMILES string of the molecule is CCCCCCCCCC(=O)/C(F)=C(/F)C(=O)OCC. The summed E-state index contributed by atoms with van der Waals surface area (Å²) in [5, 5.41) is 0. The Kier molecular flexibility index (Phi) is 10.8. The number of Topliss-reactive ketones (excluding diaryl/α,β-unsaturated/α-hetero) is 1. The van der Waals surface area contributed by atoms with Gasteiger partial charge in [0.25, 0.3) is 0 Å². The molecule has 20 heavy (non-hydrogen) atoms. The smallest absolute Gasteiger partial charge is 0.370 e. The Balaban J connectivity index is 3.96. The van der Waals surface area contributed by atoms with Crippen molar-refractivity contribution in [2.75, 3.05) is 6.61 Å². The van der Waals surface area contributed by atoms with E-state index in [0.717, 1.165) is 25.7 Å². The molecule has 0 aliphatic heterocycles. The summed E-state index contributed by atoms with van der Waals surface area (Å²) in [6.45, 7) is 3.54. The summed E-state index contributed by atoms with van der Waals surface area (Å²) in [5.74, 6) is -5.73. The number of ketones is 1. The average Bonchev–Trinajstić information content (AvgIpc) is 2.44. The van der Waals surface area contributed by atoms with Gasteiger partial charge >= 0.3 is 5.97 Å². The van der Waals surface area contributed by atoms with Crippen molar-refractivity contribution in [1.82, 2.24) is 0 Å². The van der Waals surface area contributed by atoms with Crippen LogP contribution < -0.4 is 0 Å². The van der Waals surface area contributed by atoms with Crippen LogP contribution in [0.2, 0.25) is 0 Å². The Morgan fingerprint density at radius 2 is 1.40 bits per heavy atom. The molecule has 0 aromatic heterocycles. The van der Waals surface area contributed by atoms with Crippen LogP contribution in [0, 0.1) is 0 Å². The summed E-state index contributed by atoms with van der Waals surface area (Å²) >= 11 is 0. The molecule has 0 fully saturated rings. The maximum absolute atomic E-state index is 13.3. The predicted molar refractivity (Wildman–Crippen MR) is 73.5 cm³/mol. The van der Waals surface area contributed by atoms with E-state index in [1.54, 1.807) is 0 Å². The molecule has 0 N–H and O–H groups in total. The van der Waals surface area contributed by atoms with Crippen molar-refractivity contribution < 1.29 is 23.1 Å². The van der Waals surface area contributed by atoms with E-state index in [1.165, 1.54) is 19.8 Å². The van der Waals surface area contributed by atoms with Crippen molar-refractivity contribution in [3.63, 3.8) is 0 Å². The third-order valence-electron chi connectivity index (χ3n) is 2.90. The van der Waals surface area contributed by atoms with Gasteiger partial charge in [0, 0.05) is 6.42 Å². The summed E-state index contributed by atoms with van der Waals surface area (Å²) in [5.41, 5.74) is 0. The van der Waals surface area contributed by atoms with E-state index in [0.29, 0.717) is 6.42 Å². The first kappa shape index (κ1) is 18.7. The number of halogens is 2. The van der Waals surface area contributed by atoms with Gasteiger partial charge in [-0.25, -0.2) is 4.79 Å². The number of hydrogen-bond donors (Lipinski definition) is 0. The third kappa shape index (κ3) is 8.02. The lowest BCUT2D eigenvalue weighted by Crippen LogP contribution is -2.10. The Hall–Kier alpha value is -1.26. The second-order valence-corrected chi connectivity index (χ2v) is 4.64. The van der Waals surface area contributed by atoms with Gasteiger partial charge in [-0.2, -0.15) is 8.78 Å². The molecule has 0 rings (SSSR count). The molecule has 0 aromatic rings. The van der Waals surface area contributed by atoms with Gasteiger partial charge in [0.1, 0.15) is 0 Å². The zero-order chi connectivity index (χ0) is 15.4. The topological polar surface area (TPSA) is 43.4 Å². The summed E-state index contributed by atoms with van der Waals surface area (Å²) < 4.78 is 30.7. The first-order chi connectivity index (χ1) is 9.54. The van der Waals surface area contributed by atoms with Crippen LogP contribution in [-0.2, 0) is 14.3 Å². The third-order valence-corrected chi connectivity index (χ3v) is 2.90. The molecule has 0 radical (unpaired) electrons. The van der Waals surface area contributed by atoms with Crippen molar-refractivity contribution in [3.05, 3.63) is 11.7 Å². The average molecular weight is 290 g/mol. The summed E-state index contributed by atoms with van der Waals surface area (Å²) in [7, 11) is 0. The molecule has 0 spiro atoms. The second kappa shape index (κ2) is 11.6. The Morgan fingerprint density at radius 3 is 1.95 bits per heavy atom. The quantitative estimate of drug-likeness (QED) is 0.321. The lowest BCUT2D eigenvalue weighted by Gasteiger charge is -2.02. The highest BCUT2D eigenvalue weighted by Gasteiger charge is 2.22. The molecule has 0 amide bonds. The largest absolute Gasteiger partial charge is 0.461 e. The number of carbonyl (C=O) groups excluding carboxylic acids is 2. The fourth-order valence-electron chi connectivity index (χ4n) is 1.76. The number of hydrogen-bond acceptors (Lipinski definition) is 3. The van der Waals surface area contributed by atoms with Gasteiger partial charge in [0.15, 0.2) is 5.78 Å². The van der Waals surface area contributed by atoms with Crippen LogP contribution in [-0.4, -0.2) is 18.4 Å². The molecule has 0 saturated heterocycles. The molecule has 0 aromatic carbocycles. The maximum Gasteiger partial charge on any atom is 0.370 e. The van der Waals surface area contributed by atoms with Crippen LogP contribution in [0.4, 0.5) is 8.78 Å². The summed E-state index contributed by atoms with van der Waals surface area (Å²) in [4.78, 5) is 22.3. The lowest BCUT2D eigenvalue weighted by molar-refractivity contribution is -0.140. The number of rotatable bonds is 11. The standard InChI is InChI=1S/C15H24F2O3/c1-3-5-6-7-8-9-10-11-12(18)13(16)14(17)15(19)20-4-2/h3-11H2,1-2H3/b14-13-. The molecule has 5 heteroatoms. The van der Waals surface area contributed by atoms with Crippen molar-refractivity contribution >= 4 is 11.8 Å². The number of unbranched alkanes of at least 4 members (excludes halogenated alkanes) is 6. The van der Waals surface area contributed by atoms with Crippen LogP contribution in [0.25, 0.3) is 0 Å². The molecule has 0 aliphatic carbocycles. The van der Waals surface area contributed by atoms with Crippen molar-refractivity contribution in [1.29, 1.82) is 0 Å². The van der Waals surface area contributed by atoms with Gasteiger partial charge in [0.2, 0.25) is 11.7 Å². The fourth-order valence-corrected chi connectivity index (χ4v) is 1.76. The Morgan fingerprint density at radius 1 is 0.850 bits per heavy atom. The Bertz CT molecular complexity index is 338. The minimum atomic E-state index is -1.72. The zero-order valence-corrected chi connectivity index (χ0v) is 12.3. The molecule has 0 atom stereocenters. The van der Waals surface area contributed by atoms with Crippen LogP contribution in [0.15, 0.2) is 11.7 Å². The molecular formula is C15H24F2O3. The molecule has 0 heterocycles. The number of allylic oxidation sites excluding steroid dienone is 1. The van der Waals surface area contributed by atoms with Gasteiger partial charge in [-0.3, -0.25) is 4.79 Å². The number of ether oxygens (including phenoxy) is 1. The van der Waals surface area contributed by atoms with E-state index in [1.807, 2.05) is 0 Å². The molecule has 0 aliphatic rings. The van der Waals surface area contributed by atoms with Gasteiger partial charge in [-0.1, -0.05) is 45.4 Å². The maximum atomic E-state index is 13.3. The van der Waals surface area contributed by atoms with E-state index in [4.69, 9.17) is 0 Å². The molecule has 0 unspecified atom stereocenters. The highest BCUT2D eigenvalue weighted by Crippen LogP contribution is 2.15. The van der Waals surface area contributed by atoms with E-state index in [-0.39, 0.29) is 13.0 Å². The van der Waals surface area contributed by atoms with E-state index < -0.39 is 23.4 Å². The van der Waals surface area contributed by atoms with Crippen molar-refractivity contribution in [2.24, 2.45) is 0 Å². The van der Waals surface area contributed by atoms with Crippen molar-refractivity contribution in [3.8, 4) is 0 Å². The molecule has 0 saturated carbocycles. The van der Waals surface area contributed by atoms with Crippen LogP contribution >= 0.6 is 0 Å². The molecule has 3 nitrogen and oxygen atoms in total. The normalized spacial score (nSPS) is 12.0. The highest BCUT2D eigenvalue weighted by molar-refractivity contribution is 6.00. The fraction of sp³-hybridized carbons (Fsp3) is 0.733. The van der Waals surface area contributed by atoms with Gasteiger partial charge < -0.3 is 4.74 Å². The molecule has 0 bridgehead atoms. The van der Waals surface area contributed by atoms with Crippen LogP contribution in [0.3, 0.4) is 0 Å². The van der Waals surface area contributed by atoms with E-state index in [2.05, 4.69) is 11.7 Å². The first-order valence-electron chi connectivity index (χ1n) is 7.30. The monoisotopic (exact) mass is 290 g/mol. The van der Waals surface area contributed by atoms with E-state index >= 15 is 0 Å². The predicted octanol–water partition coefficient (Wildman–Crippen LogP) is 4.41. The highest BCUT2D eigenvalue weighted by atomic mass is 19.2. The van der Waals surface area contributed by atoms with Gasteiger partial charge in [-0.05, 0) is 13.3 Å². The second-order valence-electron chi connectivity index (χ2n) is 4.64. The lowest BCUT2D eigenvalue weighted by atomic mass is 10.1. The zero-order valence-electron chi connectivity index (χ0n) is 12.3. The van der Waals surface area contributed by atoms with Gasteiger partial charge in [0.05, 0.1) is 6.61 Å². The summed E-state index contributed by atoms with van der Waals surface area (Å²) in [6.07, 6.45) is 6.85. The molecule has 116 valence electrons. The minimum Gasteiger partial charge on any atom is -0.461 e. The van der Waals surface area contributed by atoms with Crippen LogP contribution in [0.5, 0.6) is 0 Å². The van der Waals surface area contributed by atoms with E-state index in [9.17, 15) is 18.4 Å².